The number of aryl methyl sites for hydroxylation is 1. The third-order valence-electron chi connectivity index (χ3n) is 5.14. The number of hydrogen-bond acceptors (Lipinski definition) is 5. The van der Waals surface area contributed by atoms with E-state index in [1.54, 1.807) is 27.9 Å². The summed E-state index contributed by atoms with van der Waals surface area (Å²) in [6.45, 7) is 1.75. The van der Waals surface area contributed by atoms with Crippen molar-refractivity contribution in [2.45, 2.75) is 26.1 Å². The summed E-state index contributed by atoms with van der Waals surface area (Å²) in [5.74, 6) is -0.998. The lowest BCUT2D eigenvalue weighted by Crippen LogP contribution is -2.37. The number of hydrogen-bond donors (Lipinski definition) is 2. The van der Waals surface area contributed by atoms with Gasteiger partial charge in [-0.25, -0.2) is 0 Å². The molecule has 3 amide bonds. The van der Waals surface area contributed by atoms with E-state index < -0.39 is 5.91 Å². The van der Waals surface area contributed by atoms with Crippen molar-refractivity contribution in [3.8, 4) is 0 Å². The number of carbonyl (C=O) groups excluding carboxylic acids is 3. The number of rotatable bonds is 7. The highest BCUT2D eigenvalue weighted by Gasteiger charge is 2.26. The highest BCUT2D eigenvalue weighted by molar-refractivity contribution is 5.99. The van der Waals surface area contributed by atoms with Crippen LogP contribution in [0.15, 0.2) is 60.8 Å². The van der Waals surface area contributed by atoms with Crippen LogP contribution in [0.25, 0.3) is 0 Å². The maximum atomic E-state index is 13.0. The van der Waals surface area contributed by atoms with Crippen molar-refractivity contribution < 1.29 is 14.4 Å². The second kappa shape index (κ2) is 9.86. The number of benzene rings is 1. The predicted octanol–water partition coefficient (Wildman–Crippen LogP) is 1.37. The molecule has 9 heteroatoms. The molecule has 0 saturated carbocycles. The summed E-state index contributed by atoms with van der Waals surface area (Å²) in [4.78, 5) is 43.4. The van der Waals surface area contributed by atoms with Crippen molar-refractivity contribution in [1.82, 2.24) is 30.3 Å². The summed E-state index contributed by atoms with van der Waals surface area (Å²) in [6.07, 6.45) is 2.39. The Morgan fingerprint density at radius 3 is 2.59 bits per heavy atom. The molecule has 9 nitrogen and oxygen atoms in total. The molecule has 1 aromatic carbocycles. The Morgan fingerprint density at radius 2 is 1.81 bits per heavy atom. The van der Waals surface area contributed by atoms with E-state index in [9.17, 15) is 14.4 Å². The molecule has 2 aromatic heterocycles. The zero-order valence-corrected chi connectivity index (χ0v) is 17.5. The van der Waals surface area contributed by atoms with Gasteiger partial charge in [0.1, 0.15) is 5.69 Å². The topological polar surface area (TPSA) is 109 Å². The maximum Gasteiger partial charge on any atom is 0.272 e. The second-order valence-corrected chi connectivity index (χ2v) is 7.48. The van der Waals surface area contributed by atoms with Crippen molar-refractivity contribution in [2.75, 3.05) is 13.1 Å². The molecular weight excluding hydrogens is 408 g/mol. The third-order valence-corrected chi connectivity index (χ3v) is 5.14. The zero-order valence-electron chi connectivity index (χ0n) is 17.5. The molecule has 0 fully saturated rings. The maximum absolute atomic E-state index is 13.0. The Balaban J connectivity index is 1.35. The Kier molecular flexibility index (Phi) is 6.54. The monoisotopic (exact) mass is 432 g/mol. The van der Waals surface area contributed by atoms with Crippen molar-refractivity contribution in [2.24, 2.45) is 0 Å². The molecule has 32 heavy (non-hydrogen) atoms. The van der Waals surface area contributed by atoms with Gasteiger partial charge in [0.05, 0.1) is 18.8 Å². The summed E-state index contributed by atoms with van der Waals surface area (Å²) in [5, 5.41) is 9.54. The van der Waals surface area contributed by atoms with E-state index in [-0.39, 0.29) is 30.6 Å². The van der Waals surface area contributed by atoms with Crippen LogP contribution in [0, 0.1) is 0 Å². The summed E-state index contributed by atoms with van der Waals surface area (Å²) in [7, 11) is 0. The summed E-state index contributed by atoms with van der Waals surface area (Å²) in [5.41, 5.74) is 2.27. The lowest BCUT2D eigenvalue weighted by molar-refractivity contribution is -0.120. The molecular formula is C23H24N6O3. The third kappa shape index (κ3) is 5.18. The highest BCUT2D eigenvalue weighted by atomic mass is 16.2. The van der Waals surface area contributed by atoms with Gasteiger partial charge in [0, 0.05) is 31.9 Å². The first-order valence-electron chi connectivity index (χ1n) is 10.5. The van der Waals surface area contributed by atoms with Gasteiger partial charge in [-0.05, 0) is 24.1 Å². The largest absolute Gasteiger partial charge is 0.349 e. The van der Waals surface area contributed by atoms with Crippen molar-refractivity contribution in [3.63, 3.8) is 0 Å². The summed E-state index contributed by atoms with van der Waals surface area (Å²) < 4.78 is 1.57. The van der Waals surface area contributed by atoms with Gasteiger partial charge in [0.25, 0.3) is 11.8 Å². The summed E-state index contributed by atoms with van der Waals surface area (Å²) >= 11 is 0. The molecule has 0 unspecified atom stereocenters. The lowest BCUT2D eigenvalue weighted by atomic mass is 10.2. The number of carbonyl (C=O) groups is 3. The molecule has 0 spiro atoms. The van der Waals surface area contributed by atoms with Gasteiger partial charge >= 0.3 is 0 Å². The van der Waals surface area contributed by atoms with E-state index >= 15 is 0 Å². The van der Waals surface area contributed by atoms with Crippen LogP contribution in [0.3, 0.4) is 0 Å². The van der Waals surface area contributed by atoms with Gasteiger partial charge < -0.3 is 15.5 Å². The number of nitrogens with zero attached hydrogens (tertiary/aromatic N) is 4. The quantitative estimate of drug-likeness (QED) is 0.586. The van der Waals surface area contributed by atoms with Gasteiger partial charge in [-0.3, -0.25) is 24.0 Å². The predicted molar refractivity (Wildman–Crippen MR) is 116 cm³/mol. The van der Waals surface area contributed by atoms with E-state index in [0.717, 1.165) is 17.7 Å². The average Bonchev–Trinajstić information content (AvgIpc) is 3.20. The molecule has 4 rings (SSSR count). The second-order valence-electron chi connectivity index (χ2n) is 7.48. The Hall–Kier alpha value is -4.01. The molecule has 0 radical (unpaired) electrons. The van der Waals surface area contributed by atoms with Gasteiger partial charge in [-0.15, -0.1) is 0 Å². The summed E-state index contributed by atoms with van der Waals surface area (Å²) in [6, 6.07) is 16.7. The fraction of sp³-hybridized carbons (Fsp3) is 0.261. The van der Waals surface area contributed by atoms with Crippen LogP contribution in [-0.4, -0.2) is 50.5 Å². The first-order valence-corrected chi connectivity index (χ1v) is 10.5. The molecule has 0 bridgehead atoms. The van der Waals surface area contributed by atoms with Crippen LogP contribution >= 0.6 is 0 Å². The van der Waals surface area contributed by atoms with Gasteiger partial charge in [0.2, 0.25) is 5.91 Å². The van der Waals surface area contributed by atoms with E-state index in [0.29, 0.717) is 25.3 Å². The van der Waals surface area contributed by atoms with Crippen molar-refractivity contribution >= 4 is 17.7 Å². The SMILES string of the molecule is O=C(CNC(=O)c1cc2n(n1)CCCN(Cc1ccccc1)C2=O)NCc1ccccn1. The number of pyridine rings is 1. The number of amides is 3. The molecule has 164 valence electrons. The molecule has 2 N–H and O–H groups in total. The van der Waals surface area contributed by atoms with Crippen molar-refractivity contribution in [1.29, 1.82) is 0 Å². The first-order chi connectivity index (χ1) is 15.6. The van der Waals surface area contributed by atoms with Gasteiger partial charge in [-0.1, -0.05) is 36.4 Å². The number of nitrogens with one attached hydrogen (secondary N) is 2. The fourth-order valence-corrected chi connectivity index (χ4v) is 3.51. The Morgan fingerprint density at radius 1 is 1.00 bits per heavy atom. The normalized spacial score (nSPS) is 13.2. The Labute approximate surface area is 185 Å². The van der Waals surface area contributed by atoms with Gasteiger partial charge in [-0.2, -0.15) is 5.10 Å². The van der Waals surface area contributed by atoms with Crippen LogP contribution < -0.4 is 10.6 Å². The van der Waals surface area contributed by atoms with E-state index in [4.69, 9.17) is 0 Å². The lowest BCUT2D eigenvalue weighted by Gasteiger charge is -2.20. The van der Waals surface area contributed by atoms with Crippen molar-refractivity contribution in [3.05, 3.63) is 83.4 Å². The molecule has 1 aliphatic rings. The standard InChI is InChI=1S/C23H24N6O3/c30-21(25-14-18-9-4-5-10-24-18)15-26-22(31)19-13-20-23(32)28(11-6-12-29(20)27-19)16-17-7-2-1-3-8-17/h1-5,7-10,13H,6,11-12,14-16H2,(H,25,30)(H,26,31). The smallest absolute Gasteiger partial charge is 0.272 e. The Bertz CT molecular complexity index is 1100. The van der Waals surface area contributed by atoms with Crippen LogP contribution in [0.2, 0.25) is 0 Å². The minimum Gasteiger partial charge on any atom is -0.349 e. The highest BCUT2D eigenvalue weighted by Crippen LogP contribution is 2.16. The van der Waals surface area contributed by atoms with Crippen LogP contribution in [0.1, 0.15) is 38.7 Å². The zero-order chi connectivity index (χ0) is 22.3. The molecule has 1 aliphatic heterocycles. The molecule has 0 aliphatic carbocycles. The van der Waals surface area contributed by atoms with E-state index in [1.165, 1.54) is 6.07 Å². The minimum atomic E-state index is -0.499. The van der Waals surface area contributed by atoms with E-state index in [1.807, 2.05) is 36.4 Å². The molecule has 0 atom stereocenters. The van der Waals surface area contributed by atoms with Gasteiger partial charge in [0.15, 0.2) is 5.69 Å². The number of aromatic nitrogens is 3. The minimum absolute atomic E-state index is 0.118. The molecule has 0 saturated heterocycles. The number of fused-ring (bicyclic) bond motifs is 1. The molecule has 3 heterocycles. The fourth-order valence-electron chi connectivity index (χ4n) is 3.51. The van der Waals surface area contributed by atoms with Crippen LogP contribution in [0.5, 0.6) is 0 Å². The average molecular weight is 432 g/mol. The van der Waals surface area contributed by atoms with Crippen LogP contribution in [0.4, 0.5) is 0 Å². The first kappa shape index (κ1) is 21.2. The van der Waals surface area contributed by atoms with E-state index in [2.05, 4.69) is 20.7 Å². The molecule has 3 aromatic rings. The van der Waals surface area contributed by atoms with Crippen LogP contribution in [-0.2, 0) is 24.4 Å².